The summed E-state index contributed by atoms with van der Waals surface area (Å²) in [6.07, 6.45) is 2.43. The first kappa shape index (κ1) is 21.2. The lowest BCUT2D eigenvalue weighted by atomic mass is 9.91. The first-order valence-electron chi connectivity index (χ1n) is 9.09. The van der Waals surface area contributed by atoms with Gasteiger partial charge in [-0.15, -0.1) is 0 Å². The standard InChI is InChI=1S/C17H25N5O6/c18-17-21-14-10(15(26)22-17)7-9(8-19-14)3-1-2-4-12(23)20-11(16(27)28)5-6-13(24)25/h9,11H,1-8H2,(H,20,23)(H,24,25)(H,27,28)(H4,18,19,21,22,26)/t9-,11-/m0/s1. The molecule has 2 atom stereocenters. The molecule has 1 aliphatic heterocycles. The molecule has 0 saturated heterocycles. The van der Waals surface area contributed by atoms with Crippen LogP contribution in [0.4, 0.5) is 11.8 Å². The Morgan fingerprint density at radius 1 is 1.21 bits per heavy atom. The number of amides is 1. The van der Waals surface area contributed by atoms with Gasteiger partial charge in [0.1, 0.15) is 11.9 Å². The molecule has 0 bridgehead atoms. The maximum atomic E-state index is 11.9. The van der Waals surface area contributed by atoms with E-state index in [4.69, 9.17) is 15.9 Å². The van der Waals surface area contributed by atoms with E-state index in [1.807, 2.05) is 0 Å². The summed E-state index contributed by atoms with van der Waals surface area (Å²) in [6, 6.07) is -1.20. The highest BCUT2D eigenvalue weighted by atomic mass is 16.4. The number of fused-ring (bicyclic) bond motifs is 1. The maximum absolute atomic E-state index is 11.9. The second kappa shape index (κ2) is 9.72. The quantitative estimate of drug-likeness (QED) is 0.301. The zero-order valence-electron chi connectivity index (χ0n) is 15.3. The number of unbranched alkanes of at least 4 members (excludes halogenated alkanes) is 1. The molecule has 2 heterocycles. The summed E-state index contributed by atoms with van der Waals surface area (Å²) >= 11 is 0. The Labute approximate surface area is 161 Å². The van der Waals surface area contributed by atoms with Crippen molar-refractivity contribution in [2.75, 3.05) is 17.6 Å². The van der Waals surface area contributed by atoms with Crippen LogP contribution in [0.15, 0.2) is 0 Å². The van der Waals surface area contributed by atoms with Gasteiger partial charge in [-0.2, -0.15) is 9.97 Å². The molecule has 0 aromatic carbocycles. The lowest BCUT2D eigenvalue weighted by Gasteiger charge is -2.25. The molecule has 2 rings (SSSR count). The number of carboxylic acid groups (broad SMARTS) is 2. The predicted octanol–water partition coefficient (Wildman–Crippen LogP) is 0.343. The number of anilines is 2. The van der Waals surface area contributed by atoms with E-state index in [1.165, 1.54) is 0 Å². The molecule has 0 unspecified atom stereocenters. The van der Waals surface area contributed by atoms with Crippen LogP contribution in [-0.2, 0) is 20.8 Å². The Balaban J connectivity index is 1.71. The minimum atomic E-state index is -1.25. The summed E-state index contributed by atoms with van der Waals surface area (Å²) < 4.78 is 0. The van der Waals surface area contributed by atoms with E-state index in [9.17, 15) is 19.5 Å². The fourth-order valence-corrected chi connectivity index (χ4v) is 3.14. The van der Waals surface area contributed by atoms with Crippen LogP contribution in [0.5, 0.6) is 5.88 Å². The van der Waals surface area contributed by atoms with Crippen LogP contribution < -0.4 is 16.4 Å². The molecule has 0 spiro atoms. The molecule has 7 N–H and O–H groups in total. The minimum absolute atomic E-state index is 0.0104. The van der Waals surface area contributed by atoms with Crippen molar-refractivity contribution in [3.8, 4) is 5.88 Å². The molecular weight excluding hydrogens is 370 g/mol. The third-order valence-corrected chi connectivity index (χ3v) is 4.60. The summed E-state index contributed by atoms with van der Waals surface area (Å²) in [4.78, 5) is 41.3. The van der Waals surface area contributed by atoms with Gasteiger partial charge >= 0.3 is 11.9 Å². The Hall–Kier alpha value is -3.11. The van der Waals surface area contributed by atoms with E-state index in [1.54, 1.807) is 0 Å². The number of nitrogen functional groups attached to an aromatic ring is 1. The van der Waals surface area contributed by atoms with E-state index in [0.29, 0.717) is 30.8 Å². The molecule has 1 aromatic rings. The molecule has 11 heteroatoms. The van der Waals surface area contributed by atoms with Crippen molar-refractivity contribution >= 4 is 29.6 Å². The van der Waals surface area contributed by atoms with Crippen LogP contribution in [0.1, 0.15) is 44.1 Å². The number of hydrogen-bond donors (Lipinski definition) is 6. The zero-order chi connectivity index (χ0) is 20.7. The molecule has 1 amide bonds. The third-order valence-electron chi connectivity index (χ3n) is 4.60. The number of aliphatic carboxylic acids is 2. The topological polar surface area (TPSA) is 188 Å². The van der Waals surface area contributed by atoms with Gasteiger partial charge in [-0.05, 0) is 31.6 Å². The zero-order valence-corrected chi connectivity index (χ0v) is 15.3. The number of carboxylic acids is 2. The van der Waals surface area contributed by atoms with Crippen LogP contribution in [0.25, 0.3) is 0 Å². The van der Waals surface area contributed by atoms with E-state index in [0.717, 1.165) is 12.8 Å². The molecule has 1 aliphatic rings. The molecular formula is C17H25N5O6. The largest absolute Gasteiger partial charge is 0.493 e. The maximum Gasteiger partial charge on any atom is 0.326 e. The van der Waals surface area contributed by atoms with Crippen molar-refractivity contribution in [1.29, 1.82) is 0 Å². The smallest absolute Gasteiger partial charge is 0.326 e. The highest BCUT2D eigenvalue weighted by Crippen LogP contribution is 2.31. The number of nitrogens with zero attached hydrogens (tertiary/aromatic N) is 2. The van der Waals surface area contributed by atoms with E-state index in [2.05, 4.69) is 20.6 Å². The second-order valence-corrected chi connectivity index (χ2v) is 6.82. The number of nitrogens with one attached hydrogen (secondary N) is 2. The molecule has 1 aromatic heterocycles. The average molecular weight is 395 g/mol. The van der Waals surface area contributed by atoms with Crippen molar-refractivity contribution in [1.82, 2.24) is 15.3 Å². The van der Waals surface area contributed by atoms with Crippen LogP contribution in [-0.4, -0.2) is 55.7 Å². The Kier molecular flexibility index (Phi) is 7.36. The number of rotatable bonds is 10. The monoisotopic (exact) mass is 395 g/mol. The lowest BCUT2D eigenvalue weighted by Crippen LogP contribution is -2.41. The minimum Gasteiger partial charge on any atom is -0.493 e. The fraction of sp³-hybridized carbons (Fsp3) is 0.588. The van der Waals surface area contributed by atoms with Crippen molar-refractivity contribution in [2.24, 2.45) is 5.92 Å². The first-order valence-corrected chi connectivity index (χ1v) is 9.09. The molecule has 0 aliphatic carbocycles. The normalized spacial score (nSPS) is 16.5. The Morgan fingerprint density at radius 3 is 2.64 bits per heavy atom. The van der Waals surface area contributed by atoms with Crippen LogP contribution in [0.2, 0.25) is 0 Å². The van der Waals surface area contributed by atoms with Gasteiger partial charge in [-0.1, -0.05) is 6.42 Å². The second-order valence-electron chi connectivity index (χ2n) is 6.82. The third kappa shape index (κ3) is 6.25. The van der Waals surface area contributed by atoms with Crippen molar-refractivity contribution in [2.45, 2.75) is 51.0 Å². The van der Waals surface area contributed by atoms with Gasteiger partial charge in [-0.3, -0.25) is 9.59 Å². The van der Waals surface area contributed by atoms with Gasteiger partial charge in [0.15, 0.2) is 0 Å². The molecule has 28 heavy (non-hydrogen) atoms. The molecule has 11 nitrogen and oxygen atoms in total. The van der Waals surface area contributed by atoms with Gasteiger partial charge in [0.25, 0.3) is 0 Å². The average Bonchev–Trinajstić information content (AvgIpc) is 2.62. The van der Waals surface area contributed by atoms with Crippen molar-refractivity contribution in [3.05, 3.63) is 5.56 Å². The SMILES string of the molecule is Nc1nc(O)c2c(n1)NC[C@@H](CCCCC(=O)N[C@@H](CCC(=O)O)C(=O)O)C2. The van der Waals surface area contributed by atoms with E-state index < -0.39 is 23.9 Å². The number of nitrogens with two attached hydrogens (primary N) is 1. The molecule has 154 valence electrons. The number of aromatic hydroxyl groups is 1. The van der Waals surface area contributed by atoms with Gasteiger partial charge < -0.3 is 31.7 Å². The predicted molar refractivity (Wildman–Crippen MR) is 98.7 cm³/mol. The Morgan fingerprint density at radius 2 is 1.96 bits per heavy atom. The first-order chi connectivity index (χ1) is 13.3. The molecule has 0 fully saturated rings. The van der Waals surface area contributed by atoms with E-state index >= 15 is 0 Å². The van der Waals surface area contributed by atoms with Gasteiger partial charge in [0.05, 0.1) is 5.56 Å². The lowest BCUT2D eigenvalue weighted by molar-refractivity contribution is -0.143. The number of aromatic nitrogens is 2. The van der Waals surface area contributed by atoms with Gasteiger partial charge in [0, 0.05) is 19.4 Å². The van der Waals surface area contributed by atoms with E-state index in [-0.39, 0.29) is 37.0 Å². The number of carbonyl (C=O) groups is 3. The highest BCUT2D eigenvalue weighted by Gasteiger charge is 2.24. The summed E-state index contributed by atoms with van der Waals surface area (Å²) in [5.74, 6) is -2.09. The van der Waals surface area contributed by atoms with Gasteiger partial charge in [0.2, 0.25) is 17.7 Å². The van der Waals surface area contributed by atoms with Crippen LogP contribution in [0, 0.1) is 5.92 Å². The van der Waals surface area contributed by atoms with Crippen molar-refractivity contribution < 1.29 is 29.7 Å². The summed E-state index contributed by atoms with van der Waals surface area (Å²) in [5, 5.41) is 33.1. The van der Waals surface area contributed by atoms with Crippen LogP contribution >= 0.6 is 0 Å². The summed E-state index contributed by atoms with van der Waals surface area (Å²) in [7, 11) is 0. The molecule has 0 saturated carbocycles. The summed E-state index contributed by atoms with van der Waals surface area (Å²) in [6.45, 7) is 0.672. The highest BCUT2D eigenvalue weighted by molar-refractivity contribution is 5.83. The number of hydrogen-bond acceptors (Lipinski definition) is 8. The van der Waals surface area contributed by atoms with Gasteiger partial charge in [-0.25, -0.2) is 4.79 Å². The number of carbonyl (C=O) groups excluding carboxylic acids is 1. The fourth-order valence-electron chi connectivity index (χ4n) is 3.14. The summed E-state index contributed by atoms with van der Waals surface area (Å²) in [5.41, 5.74) is 6.14. The molecule has 0 radical (unpaired) electrons. The Bertz CT molecular complexity index is 741. The van der Waals surface area contributed by atoms with Crippen molar-refractivity contribution in [3.63, 3.8) is 0 Å². The van der Waals surface area contributed by atoms with Crippen LogP contribution in [0.3, 0.4) is 0 Å².